The van der Waals surface area contributed by atoms with Crippen molar-refractivity contribution in [3.63, 3.8) is 0 Å². The summed E-state index contributed by atoms with van der Waals surface area (Å²) in [6.07, 6.45) is 6.82. The molecule has 0 bridgehead atoms. The van der Waals surface area contributed by atoms with E-state index in [0.29, 0.717) is 6.04 Å². The van der Waals surface area contributed by atoms with Crippen LogP contribution in [0, 0.1) is 5.82 Å². The Morgan fingerprint density at radius 1 is 1.26 bits per heavy atom. The van der Waals surface area contributed by atoms with Gasteiger partial charge in [-0.15, -0.1) is 0 Å². The molecule has 1 aromatic heterocycles. The van der Waals surface area contributed by atoms with Gasteiger partial charge in [0.2, 0.25) is 0 Å². The smallest absolute Gasteiger partial charge is 0.255 e. The van der Waals surface area contributed by atoms with Crippen LogP contribution in [0.25, 0.3) is 5.57 Å². The lowest BCUT2D eigenvalue weighted by molar-refractivity contribution is 0.482. The van der Waals surface area contributed by atoms with E-state index in [2.05, 4.69) is 16.4 Å². The number of halogens is 1. The second kappa shape index (κ2) is 8.40. The minimum Gasteiger partial charge on any atom is -0.310 e. The topological polar surface area (TPSA) is 57.8 Å². The maximum absolute atomic E-state index is 13.1. The third-order valence-corrected chi connectivity index (χ3v) is 6.27. The quantitative estimate of drug-likeness (QED) is 0.828. The Morgan fingerprint density at radius 3 is 2.96 bits per heavy atom. The number of thioether (sulfide) groups is 1. The van der Waals surface area contributed by atoms with Crippen LogP contribution < -0.4 is 10.9 Å². The highest BCUT2D eigenvalue weighted by molar-refractivity contribution is 7.98. The summed E-state index contributed by atoms with van der Waals surface area (Å²) in [4.78, 5) is 19.9. The lowest BCUT2D eigenvalue weighted by Gasteiger charge is -2.24. The Kier molecular flexibility index (Phi) is 5.74. The molecule has 2 aromatic rings. The monoisotopic (exact) mass is 385 g/mol. The highest BCUT2D eigenvalue weighted by atomic mass is 32.2. The van der Waals surface area contributed by atoms with Crippen molar-refractivity contribution in [2.24, 2.45) is 0 Å². The van der Waals surface area contributed by atoms with Gasteiger partial charge in [-0.2, -0.15) is 11.8 Å². The predicted octanol–water partition coefficient (Wildman–Crippen LogP) is 3.47. The first-order valence-corrected chi connectivity index (χ1v) is 10.7. The third kappa shape index (κ3) is 4.50. The van der Waals surface area contributed by atoms with E-state index in [1.807, 2.05) is 12.1 Å². The summed E-state index contributed by atoms with van der Waals surface area (Å²) in [5.41, 5.74) is 4.26. The highest BCUT2D eigenvalue weighted by Gasteiger charge is 2.18. The van der Waals surface area contributed by atoms with Crippen molar-refractivity contribution in [3.8, 4) is 0 Å². The van der Waals surface area contributed by atoms with Gasteiger partial charge in [0, 0.05) is 30.3 Å². The lowest BCUT2D eigenvalue weighted by atomic mass is 9.93. The van der Waals surface area contributed by atoms with Crippen LogP contribution in [0.1, 0.15) is 41.9 Å². The first-order valence-electron chi connectivity index (χ1n) is 9.56. The van der Waals surface area contributed by atoms with Crippen LogP contribution in [0.2, 0.25) is 0 Å². The number of aryl methyl sites for hydroxylation is 2. The molecular weight excluding hydrogens is 361 g/mol. The minimum absolute atomic E-state index is 0.0412. The van der Waals surface area contributed by atoms with Crippen molar-refractivity contribution in [3.05, 3.63) is 69.2 Å². The number of hydrogen-bond donors (Lipinski definition) is 2. The maximum atomic E-state index is 13.1. The third-order valence-electron chi connectivity index (χ3n) is 5.28. The van der Waals surface area contributed by atoms with Gasteiger partial charge in [-0.05, 0) is 54.7 Å². The maximum Gasteiger partial charge on any atom is 0.255 e. The molecule has 0 spiro atoms. The molecule has 2 aliphatic rings. The van der Waals surface area contributed by atoms with Crippen LogP contribution in [-0.2, 0) is 18.6 Å². The second-order valence-electron chi connectivity index (χ2n) is 7.18. The predicted molar refractivity (Wildman–Crippen MR) is 108 cm³/mol. The summed E-state index contributed by atoms with van der Waals surface area (Å²) in [7, 11) is 0. The van der Waals surface area contributed by atoms with Gasteiger partial charge >= 0.3 is 0 Å². The highest BCUT2D eigenvalue weighted by Crippen LogP contribution is 2.25. The van der Waals surface area contributed by atoms with Gasteiger partial charge in [-0.25, -0.2) is 9.37 Å². The first kappa shape index (κ1) is 18.4. The second-order valence-corrected chi connectivity index (χ2v) is 8.28. The molecule has 4 rings (SSSR count). The number of aromatic nitrogens is 2. The Hall–Kier alpha value is -1.92. The first-order chi connectivity index (χ1) is 13.2. The Labute approximate surface area is 162 Å². The van der Waals surface area contributed by atoms with E-state index >= 15 is 0 Å². The van der Waals surface area contributed by atoms with Crippen molar-refractivity contribution in [2.45, 2.75) is 43.9 Å². The summed E-state index contributed by atoms with van der Waals surface area (Å²) in [5.74, 6) is 2.45. The number of benzene rings is 1. The van der Waals surface area contributed by atoms with Crippen LogP contribution in [0.3, 0.4) is 0 Å². The molecule has 1 atom stereocenters. The van der Waals surface area contributed by atoms with Crippen LogP contribution in [0.15, 0.2) is 35.1 Å². The zero-order valence-electron chi connectivity index (χ0n) is 15.3. The number of hydrogen-bond acceptors (Lipinski definition) is 4. The average Bonchev–Trinajstić information content (AvgIpc) is 2.69. The molecule has 0 amide bonds. The Bertz CT molecular complexity index is 891. The largest absolute Gasteiger partial charge is 0.310 e. The molecule has 3 heterocycles. The fourth-order valence-electron chi connectivity index (χ4n) is 3.80. The van der Waals surface area contributed by atoms with Gasteiger partial charge in [0.25, 0.3) is 5.56 Å². The van der Waals surface area contributed by atoms with Crippen LogP contribution in [0.4, 0.5) is 4.39 Å². The van der Waals surface area contributed by atoms with E-state index in [1.54, 1.807) is 11.8 Å². The fourth-order valence-corrected chi connectivity index (χ4v) is 4.79. The van der Waals surface area contributed by atoms with E-state index < -0.39 is 0 Å². The van der Waals surface area contributed by atoms with Crippen molar-refractivity contribution < 1.29 is 4.39 Å². The molecule has 0 saturated heterocycles. The SMILES string of the molecule is O=c1[nH]c(CCCC2CC(c3ccc(F)cc3)=CCN2)nc2c1CSCC2. The van der Waals surface area contributed by atoms with Crippen molar-refractivity contribution in [2.75, 3.05) is 12.3 Å². The number of nitrogens with zero attached hydrogens (tertiary/aromatic N) is 1. The molecule has 4 nitrogen and oxygen atoms in total. The number of H-pyrrole nitrogens is 1. The van der Waals surface area contributed by atoms with E-state index in [0.717, 1.165) is 72.8 Å². The van der Waals surface area contributed by atoms with Crippen molar-refractivity contribution in [1.82, 2.24) is 15.3 Å². The standard InChI is InChI=1S/C21H24FN3OS/c22-16-6-4-14(5-7-16)15-8-10-23-17(12-15)2-1-3-20-24-19-9-11-27-13-18(19)21(26)25-20/h4-8,17,23H,1-3,9-13H2,(H,24,25,26). The summed E-state index contributed by atoms with van der Waals surface area (Å²) in [6, 6.07) is 7.14. The van der Waals surface area contributed by atoms with E-state index in [4.69, 9.17) is 4.98 Å². The van der Waals surface area contributed by atoms with Gasteiger partial charge in [0.1, 0.15) is 11.6 Å². The van der Waals surface area contributed by atoms with Crippen molar-refractivity contribution >= 4 is 17.3 Å². The van der Waals surface area contributed by atoms with E-state index in [-0.39, 0.29) is 11.4 Å². The van der Waals surface area contributed by atoms with Gasteiger partial charge in [-0.3, -0.25) is 4.79 Å². The molecule has 1 unspecified atom stereocenters. The summed E-state index contributed by atoms with van der Waals surface area (Å²) in [5, 5.41) is 3.53. The van der Waals surface area contributed by atoms with Crippen LogP contribution in [-0.4, -0.2) is 28.3 Å². The normalized spacial score (nSPS) is 19.4. The molecule has 142 valence electrons. The molecule has 0 radical (unpaired) electrons. The zero-order valence-corrected chi connectivity index (χ0v) is 16.1. The Morgan fingerprint density at radius 2 is 2.11 bits per heavy atom. The number of fused-ring (bicyclic) bond motifs is 1. The average molecular weight is 386 g/mol. The number of nitrogens with one attached hydrogen (secondary N) is 2. The molecule has 0 saturated carbocycles. The molecule has 0 fully saturated rings. The zero-order chi connectivity index (χ0) is 18.6. The number of aromatic amines is 1. The van der Waals surface area contributed by atoms with Crippen LogP contribution in [0.5, 0.6) is 0 Å². The lowest BCUT2D eigenvalue weighted by Crippen LogP contribution is -2.33. The summed E-state index contributed by atoms with van der Waals surface area (Å²) in [6.45, 7) is 0.836. The van der Waals surface area contributed by atoms with E-state index in [1.165, 1.54) is 17.7 Å². The summed E-state index contributed by atoms with van der Waals surface area (Å²) < 4.78 is 13.1. The molecule has 6 heteroatoms. The molecule has 0 aliphatic carbocycles. The molecule has 2 N–H and O–H groups in total. The van der Waals surface area contributed by atoms with Gasteiger partial charge in [0.05, 0.1) is 5.69 Å². The Balaban J connectivity index is 1.33. The summed E-state index contributed by atoms with van der Waals surface area (Å²) >= 11 is 1.80. The molecular formula is C21H24FN3OS. The van der Waals surface area contributed by atoms with Gasteiger partial charge in [0.15, 0.2) is 0 Å². The molecule has 27 heavy (non-hydrogen) atoms. The van der Waals surface area contributed by atoms with E-state index in [9.17, 15) is 9.18 Å². The van der Waals surface area contributed by atoms with Gasteiger partial charge in [-0.1, -0.05) is 18.2 Å². The van der Waals surface area contributed by atoms with Crippen LogP contribution >= 0.6 is 11.8 Å². The molecule has 2 aliphatic heterocycles. The minimum atomic E-state index is -0.199. The van der Waals surface area contributed by atoms with Crippen molar-refractivity contribution in [1.29, 1.82) is 0 Å². The fraction of sp³-hybridized carbons (Fsp3) is 0.429. The number of rotatable bonds is 5. The van der Waals surface area contributed by atoms with Gasteiger partial charge < -0.3 is 10.3 Å². The molecule has 1 aromatic carbocycles.